The second-order valence-corrected chi connectivity index (χ2v) is 15.3. The van der Waals surface area contributed by atoms with Gasteiger partial charge in [-0.15, -0.1) is 12.4 Å². The molecule has 2 atom stereocenters. The lowest BCUT2D eigenvalue weighted by Crippen LogP contribution is -2.45. The van der Waals surface area contributed by atoms with Gasteiger partial charge in [0, 0.05) is 40.5 Å². The normalized spacial score (nSPS) is 15.2. The molecule has 308 valence electrons. The van der Waals surface area contributed by atoms with Crippen molar-refractivity contribution in [1.82, 2.24) is 10.6 Å². The van der Waals surface area contributed by atoms with Gasteiger partial charge in [-0.25, -0.2) is 4.39 Å². The molecule has 5 rings (SSSR count). The lowest BCUT2D eigenvalue weighted by molar-refractivity contribution is -0.138. The first-order valence-corrected chi connectivity index (χ1v) is 19.3. The maximum atomic E-state index is 14.4. The molecule has 0 aromatic heterocycles. The molecule has 1 aliphatic rings. The van der Waals surface area contributed by atoms with Gasteiger partial charge in [0.2, 0.25) is 5.91 Å². The molecule has 4 aromatic rings. The second kappa shape index (κ2) is 21.3. The van der Waals surface area contributed by atoms with E-state index < -0.39 is 23.9 Å². The Labute approximate surface area is 346 Å². The van der Waals surface area contributed by atoms with Crippen LogP contribution in [0.1, 0.15) is 68.4 Å². The van der Waals surface area contributed by atoms with Crippen LogP contribution < -0.4 is 34.5 Å². The average molecular weight is 827 g/mol. The Bertz CT molecular complexity index is 1960. The van der Waals surface area contributed by atoms with E-state index in [1.807, 2.05) is 57.2 Å². The molecule has 0 radical (unpaired) electrons. The molecular weight excluding hydrogens is 772 g/mol. The molecule has 2 amide bonds. The quantitative estimate of drug-likeness (QED) is 0.0963. The van der Waals surface area contributed by atoms with E-state index in [2.05, 4.69) is 16.7 Å². The Morgan fingerprint density at radius 3 is 2.35 bits per heavy atom. The van der Waals surface area contributed by atoms with Crippen LogP contribution in [0.4, 0.5) is 10.1 Å². The first-order valence-electron chi connectivity index (χ1n) is 18.9. The number of fused-ring (bicyclic) bond motifs is 1. The van der Waals surface area contributed by atoms with E-state index in [1.165, 1.54) is 11.6 Å². The number of nitrogens with one attached hydrogen (secondary N) is 2. The molecule has 2 unspecified atom stereocenters. The summed E-state index contributed by atoms with van der Waals surface area (Å²) in [5, 5.41) is 6.71. The standard InChI is InChI=1S/C44H53ClFN3O7.ClH/c1-44(2,3)28-49-35-19-18-31(45)25-33(35)41(56-39(43(49)51)26-40(50)48-27-30-13-7-8-15-34(30)46)32-14-9-16-37(42(32)54-6)55-23-11-22-47-21-10-12-29-17-20-36(52-4)38(24-29)53-5;/h7-9,13-20,24-25,39,41,47H,10-12,21-23,26-28H2,1-6H3,(H,48,50);1H. The predicted octanol–water partition coefficient (Wildman–Crippen LogP) is 8.49. The van der Waals surface area contributed by atoms with Gasteiger partial charge >= 0.3 is 0 Å². The van der Waals surface area contributed by atoms with Crippen molar-refractivity contribution in [2.24, 2.45) is 5.41 Å². The van der Waals surface area contributed by atoms with Crippen molar-refractivity contribution in [3.8, 4) is 23.0 Å². The summed E-state index contributed by atoms with van der Waals surface area (Å²) in [5.74, 6) is 1.17. The Balaban J connectivity index is 0.00000720. The van der Waals surface area contributed by atoms with Crippen LogP contribution in [0.3, 0.4) is 0 Å². The van der Waals surface area contributed by atoms with Gasteiger partial charge in [0.15, 0.2) is 23.0 Å². The zero-order chi connectivity index (χ0) is 40.2. The van der Waals surface area contributed by atoms with Crippen LogP contribution in [0.15, 0.2) is 78.9 Å². The van der Waals surface area contributed by atoms with Gasteiger partial charge in [-0.2, -0.15) is 0 Å². The van der Waals surface area contributed by atoms with Crippen LogP contribution in [0.5, 0.6) is 23.0 Å². The van der Waals surface area contributed by atoms with Gasteiger partial charge in [0.05, 0.1) is 34.4 Å². The third-order valence-electron chi connectivity index (χ3n) is 9.36. The molecule has 0 saturated heterocycles. The minimum absolute atomic E-state index is 0. The number of anilines is 1. The van der Waals surface area contributed by atoms with Crippen molar-refractivity contribution in [3.05, 3.63) is 112 Å². The molecule has 0 aliphatic carbocycles. The summed E-state index contributed by atoms with van der Waals surface area (Å²) < 4.78 is 44.0. The Hall–Kier alpha value is -4.55. The van der Waals surface area contributed by atoms with E-state index in [1.54, 1.807) is 56.6 Å². The first kappa shape index (κ1) is 45.2. The average Bonchev–Trinajstić information content (AvgIpc) is 3.28. The number of aryl methyl sites for hydroxylation is 1. The fourth-order valence-electron chi connectivity index (χ4n) is 6.69. The van der Waals surface area contributed by atoms with Crippen LogP contribution in [-0.4, -0.2) is 65.5 Å². The lowest BCUT2D eigenvalue weighted by atomic mass is 9.94. The minimum atomic E-state index is -1.18. The number of methoxy groups -OCH3 is 3. The number of rotatable bonds is 18. The molecule has 0 spiro atoms. The predicted molar refractivity (Wildman–Crippen MR) is 224 cm³/mol. The Morgan fingerprint density at radius 1 is 0.877 bits per heavy atom. The summed E-state index contributed by atoms with van der Waals surface area (Å²) in [5.41, 5.74) is 3.12. The minimum Gasteiger partial charge on any atom is -0.493 e. The number of amides is 2. The highest BCUT2D eigenvalue weighted by atomic mass is 35.5. The number of ether oxygens (including phenoxy) is 5. The van der Waals surface area contributed by atoms with Crippen molar-refractivity contribution in [2.45, 2.75) is 65.2 Å². The molecule has 4 aromatic carbocycles. The molecule has 1 heterocycles. The molecule has 2 N–H and O–H groups in total. The fourth-order valence-corrected chi connectivity index (χ4v) is 6.87. The summed E-state index contributed by atoms with van der Waals surface area (Å²) in [6, 6.07) is 23.1. The van der Waals surface area contributed by atoms with Gasteiger partial charge in [-0.3, -0.25) is 9.59 Å². The Kier molecular flexibility index (Phi) is 16.9. The molecule has 0 saturated carbocycles. The fraction of sp³-hybridized carbons (Fsp3) is 0.409. The number of halogens is 3. The van der Waals surface area contributed by atoms with E-state index in [9.17, 15) is 14.0 Å². The van der Waals surface area contributed by atoms with Crippen molar-refractivity contribution in [2.75, 3.05) is 52.5 Å². The number of nitrogens with zero attached hydrogens (tertiary/aromatic N) is 1. The van der Waals surface area contributed by atoms with Crippen LogP contribution in [0.25, 0.3) is 0 Å². The van der Waals surface area contributed by atoms with E-state index in [0.29, 0.717) is 57.8 Å². The van der Waals surface area contributed by atoms with Crippen LogP contribution >= 0.6 is 24.0 Å². The highest BCUT2D eigenvalue weighted by molar-refractivity contribution is 6.30. The largest absolute Gasteiger partial charge is 0.493 e. The van der Waals surface area contributed by atoms with Crippen molar-refractivity contribution >= 4 is 41.5 Å². The highest BCUT2D eigenvalue weighted by Gasteiger charge is 2.40. The van der Waals surface area contributed by atoms with Crippen LogP contribution in [-0.2, 0) is 27.3 Å². The maximum Gasteiger partial charge on any atom is 0.256 e. The molecule has 57 heavy (non-hydrogen) atoms. The SMILES string of the molecule is COc1ccc(CCCNCCCOc2cccc(C3OC(CC(=O)NCc4ccccc4F)C(=O)N(CC(C)(C)C)c4ccc(Cl)cc43)c2OC)cc1OC.Cl. The topological polar surface area (TPSA) is 108 Å². The Morgan fingerprint density at radius 2 is 1.63 bits per heavy atom. The molecule has 0 bridgehead atoms. The summed E-state index contributed by atoms with van der Waals surface area (Å²) in [7, 11) is 4.83. The number of hydrogen-bond donors (Lipinski definition) is 2. The molecule has 13 heteroatoms. The lowest BCUT2D eigenvalue weighted by Gasteiger charge is -2.31. The van der Waals surface area contributed by atoms with Crippen LogP contribution in [0, 0.1) is 11.2 Å². The van der Waals surface area contributed by atoms with Gasteiger partial charge in [0.1, 0.15) is 18.0 Å². The number of carbonyl (C=O) groups is 2. The van der Waals surface area contributed by atoms with Crippen LogP contribution in [0.2, 0.25) is 5.02 Å². The molecule has 1 aliphatic heterocycles. The number of para-hydroxylation sites is 1. The molecule has 10 nitrogen and oxygen atoms in total. The summed E-state index contributed by atoms with van der Waals surface area (Å²) >= 11 is 6.60. The molecule has 0 fully saturated rings. The number of hydrogen-bond acceptors (Lipinski definition) is 8. The number of carbonyl (C=O) groups excluding carboxylic acids is 2. The monoisotopic (exact) mass is 825 g/mol. The number of benzene rings is 4. The van der Waals surface area contributed by atoms with Gasteiger partial charge in [-0.1, -0.05) is 68.8 Å². The zero-order valence-corrected chi connectivity index (χ0v) is 35.1. The van der Waals surface area contributed by atoms with Crippen molar-refractivity contribution in [1.29, 1.82) is 0 Å². The van der Waals surface area contributed by atoms with E-state index in [0.717, 1.165) is 38.1 Å². The van der Waals surface area contributed by atoms with Gasteiger partial charge < -0.3 is 39.2 Å². The van der Waals surface area contributed by atoms with E-state index >= 15 is 0 Å². The summed E-state index contributed by atoms with van der Waals surface area (Å²) in [4.78, 5) is 29.4. The third kappa shape index (κ3) is 12.2. The summed E-state index contributed by atoms with van der Waals surface area (Å²) in [6.45, 7) is 8.48. The van der Waals surface area contributed by atoms with Crippen molar-refractivity contribution < 1.29 is 37.7 Å². The maximum absolute atomic E-state index is 14.4. The van der Waals surface area contributed by atoms with E-state index in [4.69, 9.17) is 35.3 Å². The van der Waals surface area contributed by atoms with Crippen molar-refractivity contribution in [3.63, 3.8) is 0 Å². The third-order valence-corrected chi connectivity index (χ3v) is 9.60. The van der Waals surface area contributed by atoms with Gasteiger partial charge in [0.25, 0.3) is 5.91 Å². The highest BCUT2D eigenvalue weighted by Crippen LogP contribution is 2.46. The first-order chi connectivity index (χ1) is 26.9. The zero-order valence-electron chi connectivity index (χ0n) is 33.5. The molecular formula is C44H54Cl2FN3O7. The van der Waals surface area contributed by atoms with E-state index in [-0.39, 0.29) is 36.7 Å². The second-order valence-electron chi connectivity index (χ2n) is 14.9. The summed E-state index contributed by atoms with van der Waals surface area (Å²) in [6.07, 6.45) is 0.302. The smallest absolute Gasteiger partial charge is 0.256 e. The van der Waals surface area contributed by atoms with Gasteiger partial charge in [-0.05, 0) is 85.8 Å².